The zero-order chi connectivity index (χ0) is 13.9. The molecule has 7 heteroatoms. The molecule has 0 bridgehead atoms. The smallest absolute Gasteiger partial charge is 0.165 e. The average molecular weight is 306 g/mol. The van der Waals surface area contributed by atoms with E-state index in [0.717, 1.165) is 28.0 Å². The van der Waals surface area contributed by atoms with E-state index in [4.69, 9.17) is 11.6 Å². The normalized spacial score (nSPS) is 10.7. The zero-order valence-electron chi connectivity index (χ0n) is 10.7. The standard InChI is InChI=1S/C13H12ClN5S/c1-19-8-17-18-13(19)9-4-10(6-15-5-9)16-7-11-2-3-12(14)20-11/h2-6,8,16H,7H2,1H3. The maximum absolute atomic E-state index is 5.91. The Hall–Kier alpha value is -1.92. The summed E-state index contributed by atoms with van der Waals surface area (Å²) in [7, 11) is 1.91. The first kappa shape index (κ1) is 13.1. The molecule has 0 unspecified atom stereocenters. The number of aromatic nitrogens is 4. The fraction of sp³-hybridized carbons (Fsp3) is 0.154. The number of pyridine rings is 1. The van der Waals surface area contributed by atoms with Gasteiger partial charge in [-0.1, -0.05) is 11.6 Å². The maximum atomic E-state index is 5.91. The molecule has 0 radical (unpaired) electrons. The van der Waals surface area contributed by atoms with Gasteiger partial charge in [-0.25, -0.2) is 0 Å². The van der Waals surface area contributed by atoms with Crippen molar-refractivity contribution in [3.8, 4) is 11.4 Å². The van der Waals surface area contributed by atoms with Gasteiger partial charge in [0.1, 0.15) is 6.33 Å². The van der Waals surface area contributed by atoms with Gasteiger partial charge in [0.25, 0.3) is 0 Å². The van der Waals surface area contributed by atoms with Crippen molar-refractivity contribution in [3.05, 3.63) is 46.1 Å². The first-order valence-corrected chi connectivity index (χ1v) is 7.19. The molecule has 0 spiro atoms. The summed E-state index contributed by atoms with van der Waals surface area (Å²) in [5.41, 5.74) is 1.87. The third-order valence-corrected chi connectivity index (χ3v) is 4.03. The first-order valence-electron chi connectivity index (χ1n) is 6.00. The number of nitrogens with one attached hydrogen (secondary N) is 1. The van der Waals surface area contributed by atoms with Crippen molar-refractivity contribution in [1.82, 2.24) is 19.7 Å². The van der Waals surface area contributed by atoms with Crippen LogP contribution in [0.15, 0.2) is 36.9 Å². The molecular weight excluding hydrogens is 294 g/mol. The molecule has 3 heterocycles. The minimum Gasteiger partial charge on any atom is -0.379 e. The van der Waals surface area contributed by atoms with Crippen molar-refractivity contribution >= 4 is 28.6 Å². The van der Waals surface area contributed by atoms with E-state index in [1.54, 1.807) is 30.1 Å². The minimum absolute atomic E-state index is 0.724. The molecule has 0 aliphatic rings. The molecular formula is C13H12ClN5S. The molecule has 0 atom stereocenters. The Morgan fingerprint density at radius 1 is 1.35 bits per heavy atom. The second-order valence-corrected chi connectivity index (χ2v) is 6.09. The van der Waals surface area contributed by atoms with Crippen LogP contribution in [-0.2, 0) is 13.6 Å². The summed E-state index contributed by atoms with van der Waals surface area (Å²) < 4.78 is 2.66. The molecule has 0 aromatic carbocycles. The van der Waals surface area contributed by atoms with Crippen molar-refractivity contribution in [1.29, 1.82) is 0 Å². The number of nitrogens with zero attached hydrogens (tertiary/aromatic N) is 4. The van der Waals surface area contributed by atoms with Crippen LogP contribution in [0.4, 0.5) is 5.69 Å². The van der Waals surface area contributed by atoms with Gasteiger partial charge >= 0.3 is 0 Å². The monoisotopic (exact) mass is 305 g/mol. The largest absolute Gasteiger partial charge is 0.379 e. The van der Waals surface area contributed by atoms with Gasteiger partial charge in [-0.15, -0.1) is 21.5 Å². The van der Waals surface area contributed by atoms with Crippen LogP contribution in [0.1, 0.15) is 4.88 Å². The number of rotatable bonds is 4. The van der Waals surface area contributed by atoms with Gasteiger partial charge in [-0.05, 0) is 18.2 Å². The van der Waals surface area contributed by atoms with E-state index >= 15 is 0 Å². The SMILES string of the molecule is Cn1cnnc1-c1cncc(NCc2ccc(Cl)s2)c1. The van der Waals surface area contributed by atoms with Gasteiger partial charge in [-0.2, -0.15) is 0 Å². The summed E-state index contributed by atoms with van der Waals surface area (Å²) in [5, 5.41) is 11.3. The van der Waals surface area contributed by atoms with Crippen LogP contribution in [0.25, 0.3) is 11.4 Å². The fourth-order valence-corrected chi connectivity index (χ4v) is 2.87. The molecule has 1 N–H and O–H groups in total. The Bertz CT molecular complexity index is 721. The van der Waals surface area contributed by atoms with Gasteiger partial charge in [0, 0.05) is 36.4 Å². The van der Waals surface area contributed by atoms with Gasteiger partial charge in [0.15, 0.2) is 5.82 Å². The molecule has 0 fully saturated rings. The highest BCUT2D eigenvalue weighted by Crippen LogP contribution is 2.23. The van der Waals surface area contributed by atoms with Gasteiger partial charge in [-0.3, -0.25) is 4.98 Å². The quantitative estimate of drug-likeness (QED) is 0.804. The topological polar surface area (TPSA) is 55.6 Å². The number of halogens is 1. The summed E-state index contributed by atoms with van der Waals surface area (Å²) in [6.45, 7) is 0.724. The predicted molar refractivity (Wildman–Crippen MR) is 80.9 cm³/mol. The van der Waals surface area contributed by atoms with E-state index in [1.807, 2.05) is 29.8 Å². The second kappa shape index (κ2) is 5.60. The summed E-state index contributed by atoms with van der Waals surface area (Å²) in [5.74, 6) is 0.792. The summed E-state index contributed by atoms with van der Waals surface area (Å²) in [6, 6.07) is 5.92. The van der Waals surface area contributed by atoms with Gasteiger partial charge in [0.2, 0.25) is 0 Å². The molecule has 0 aliphatic carbocycles. The van der Waals surface area contributed by atoms with Crippen LogP contribution in [0.5, 0.6) is 0 Å². The molecule has 0 saturated carbocycles. The van der Waals surface area contributed by atoms with Crippen LogP contribution in [0.2, 0.25) is 4.34 Å². The Kier molecular flexibility index (Phi) is 3.66. The molecule has 0 amide bonds. The van der Waals surface area contributed by atoms with Crippen molar-refractivity contribution in [2.45, 2.75) is 6.54 Å². The van der Waals surface area contributed by atoms with Gasteiger partial charge in [0.05, 0.1) is 10.0 Å². The molecule has 0 saturated heterocycles. The van der Waals surface area contributed by atoms with E-state index in [2.05, 4.69) is 20.5 Å². The number of anilines is 1. The third-order valence-electron chi connectivity index (χ3n) is 2.80. The second-order valence-electron chi connectivity index (χ2n) is 4.29. The summed E-state index contributed by atoms with van der Waals surface area (Å²) >= 11 is 7.48. The van der Waals surface area contributed by atoms with E-state index in [-0.39, 0.29) is 0 Å². The number of hydrogen-bond acceptors (Lipinski definition) is 5. The van der Waals surface area contributed by atoms with Crippen LogP contribution in [0.3, 0.4) is 0 Å². The molecule has 3 aromatic heterocycles. The molecule has 3 aromatic rings. The Morgan fingerprint density at radius 2 is 2.25 bits per heavy atom. The van der Waals surface area contributed by atoms with E-state index in [1.165, 1.54) is 4.88 Å². The predicted octanol–water partition coefficient (Wildman–Crippen LogP) is 3.20. The maximum Gasteiger partial charge on any atom is 0.165 e. The zero-order valence-corrected chi connectivity index (χ0v) is 12.3. The summed E-state index contributed by atoms with van der Waals surface area (Å²) in [6.07, 6.45) is 5.23. The van der Waals surface area contributed by atoms with E-state index in [0.29, 0.717) is 0 Å². The third kappa shape index (κ3) is 2.81. The molecule has 0 aliphatic heterocycles. The fourth-order valence-electron chi connectivity index (χ4n) is 1.84. The lowest BCUT2D eigenvalue weighted by molar-refractivity contribution is 0.918. The van der Waals surface area contributed by atoms with Crippen LogP contribution in [0, 0.1) is 0 Å². The average Bonchev–Trinajstić information content (AvgIpc) is 3.05. The lowest BCUT2D eigenvalue weighted by atomic mass is 10.2. The molecule has 3 rings (SSSR count). The first-order chi connectivity index (χ1) is 9.72. The highest BCUT2D eigenvalue weighted by atomic mass is 35.5. The highest BCUT2D eigenvalue weighted by molar-refractivity contribution is 7.16. The number of hydrogen-bond donors (Lipinski definition) is 1. The van der Waals surface area contributed by atoms with E-state index in [9.17, 15) is 0 Å². The van der Waals surface area contributed by atoms with Crippen molar-refractivity contribution in [3.63, 3.8) is 0 Å². The number of aryl methyl sites for hydroxylation is 1. The highest BCUT2D eigenvalue weighted by Gasteiger charge is 2.06. The van der Waals surface area contributed by atoms with E-state index < -0.39 is 0 Å². The van der Waals surface area contributed by atoms with Gasteiger partial charge < -0.3 is 9.88 Å². The van der Waals surface area contributed by atoms with Crippen LogP contribution in [-0.4, -0.2) is 19.7 Å². The van der Waals surface area contributed by atoms with Crippen LogP contribution < -0.4 is 5.32 Å². The van der Waals surface area contributed by atoms with Crippen molar-refractivity contribution in [2.75, 3.05) is 5.32 Å². The number of thiophene rings is 1. The summed E-state index contributed by atoms with van der Waals surface area (Å²) in [4.78, 5) is 5.41. The molecule has 102 valence electrons. The lowest BCUT2D eigenvalue weighted by Crippen LogP contribution is -1.99. The minimum atomic E-state index is 0.724. The van der Waals surface area contributed by atoms with Crippen LogP contribution >= 0.6 is 22.9 Å². The Balaban J connectivity index is 1.76. The lowest BCUT2D eigenvalue weighted by Gasteiger charge is -2.06. The van der Waals surface area contributed by atoms with Crippen molar-refractivity contribution in [2.24, 2.45) is 7.05 Å². The molecule has 20 heavy (non-hydrogen) atoms. The van der Waals surface area contributed by atoms with Crippen molar-refractivity contribution < 1.29 is 0 Å². The Labute approximate surface area is 125 Å². The Morgan fingerprint density at radius 3 is 2.95 bits per heavy atom. The molecule has 5 nitrogen and oxygen atoms in total.